The Bertz CT molecular complexity index is 821. The van der Waals surface area contributed by atoms with Gasteiger partial charge in [-0.1, -0.05) is 46.1 Å². The second kappa shape index (κ2) is 7.44. The highest BCUT2D eigenvalue weighted by atomic mass is 16.3. The molecule has 1 aromatic heterocycles. The van der Waals surface area contributed by atoms with Crippen LogP contribution in [0.4, 0.5) is 0 Å². The van der Waals surface area contributed by atoms with E-state index in [-0.39, 0.29) is 5.43 Å². The van der Waals surface area contributed by atoms with Crippen LogP contribution >= 0.6 is 0 Å². The first kappa shape index (κ1) is 17.3. The predicted molar refractivity (Wildman–Crippen MR) is 94.5 cm³/mol. The van der Waals surface area contributed by atoms with Crippen LogP contribution in [-0.2, 0) is 19.3 Å². The minimum absolute atomic E-state index is 0.283. The van der Waals surface area contributed by atoms with Gasteiger partial charge in [-0.25, -0.2) is 0 Å². The molecular weight excluding hydrogens is 290 g/mol. The lowest BCUT2D eigenvalue weighted by Crippen LogP contribution is -2.07. The van der Waals surface area contributed by atoms with E-state index in [4.69, 9.17) is 0 Å². The summed E-state index contributed by atoms with van der Waals surface area (Å²) in [4.78, 5) is 27.4. The Kier molecular flexibility index (Phi) is 5.59. The maximum absolute atomic E-state index is 12.6. The zero-order chi connectivity index (χ0) is 17.0. The third kappa shape index (κ3) is 3.46. The van der Waals surface area contributed by atoms with Gasteiger partial charge in [-0.2, -0.15) is 0 Å². The number of fused-ring (bicyclic) bond motifs is 1. The van der Waals surface area contributed by atoms with Crippen LogP contribution in [0.1, 0.15) is 56.7 Å². The van der Waals surface area contributed by atoms with Crippen molar-refractivity contribution in [2.45, 2.75) is 59.3 Å². The second-order valence-electron chi connectivity index (χ2n) is 6.02. The van der Waals surface area contributed by atoms with Crippen LogP contribution in [0.3, 0.4) is 0 Å². The Morgan fingerprint density at radius 2 is 1.52 bits per heavy atom. The Labute approximate surface area is 136 Å². The lowest BCUT2D eigenvalue weighted by molar-refractivity contribution is 0.468. The van der Waals surface area contributed by atoms with E-state index in [1.165, 1.54) is 5.56 Å². The summed E-state index contributed by atoms with van der Waals surface area (Å²) < 4.78 is 0. The van der Waals surface area contributed by atoms with E-state index < -0.39 is 11.3 Å². The van der Waals surface area contributed by atoms with Crippen LogP contribution in [0.2, 0.25) is 0 Å². The highest BCUT2D eigenvalue weighted by Gasteiger charge is 2.15. The van der Waals surface area contributed by atoms with E-state index in [1.807, 2.05) is 0 Å². The first-order valence-corrected chi connectivity index (χ1v) is 8.47. The first-order valence-electron chi connectivity index (χ1n) is 8.47. The van der Waals surface area contributed by atoms with E-state index in [9.17, 15) is 14.7 Å². The topological polar surface area (TPSA) is 70.2 Å². The van der Waals surface area contributed by atoms with Crippen LogP contribution < -0.4 is 11.0 Å². The van der Waals surface area contributed by atoms with Crippen LogP contribution in [0, 0.1) is 0 Å². The molecule has 4 heteroatoms. The molecule has 4 nitrogen and oxygen atoms in total. The Hall–Kier alpha value is -2.10. The highest BCUT2D eigenvalue weighted by molar-refractivity contribution is 5.86. The molecule has 0 aliphatic heterocycles. The summed E-state index contributed by atoms with van der Waals surface area (Å²) in [6, 6.07) is 3.18. The van der Waals surface area contributed by atoms with Gasteiger partial charge in [0.2, 0.25) is 0 Å². The summed E-state index contributed by atoms with van der Waals surface area (Å²) in [7, 11) is 0. The van der Waals surface area contributed by atoms with Crippen molar-refractivity contribution >= 4 is 10.9 Å². The lowest BCUT2D eigenvalue weighted by Gasteiger charge is -2.14. The van der Waals surface area contributed by atoms with E-state index >= 15 is 0 Å². The number of nitrogens with one attached hydrogen (secondary N) is 1. The van der Waals surface area contributed by atoms with E-state index in [2.05, 4.69) is 31.8 Å². The third-order valence-electron chi connectivity index (χ3n) is 4.13. The summed E-state index contributed by atoms with van der Waals surface area (Å²) in [5, 5.41) is 10.3. The maximum Gasteiger partial charge on any atom is 0.290 e. The summed E-state index contributed by atoms with van der Waals surface area (Å²) in [5.41, 5.74) is 2.88. The molecule has 0 bridgehead atoms. The molecule has 1 aromatic carbocycles. The molecule has 2 N–H and O–H groups in total. The monoisotopic (exact) mass is 315 g/mol. The van der Waals surface area contributed by atoms with E-state index in [1.54, 1.807) is 0 Å². The first-order chi connectivity index (χ1) is 11.0. The van der Waals surface area contributed by atoms with Crippen LogP contribution in [0.25, 0.3) is 10.9 Å². The van der Waals surface area contributed by atoms with Crippen molar-refractivity contribution in [1.29, 1.82) is 0 Å². The molecule has 0 saturated carbocycles. The van der Waals surface area contributed by atoms with Gasteiger partial charge in [-0.05, 0) is 36.0 Å². The summed E-state index contributed by atoms with van der Waals surface area (Å²) >= 11 is 0. The molecule has 0 aliphatic rings. The molecule has 0 amide bonds. The number of hydrogen-bond donors (Lipinski definition) is 2. The van der Waals surface area contributed by atoms with Gasteiger partial charge in [0.15, 0.2) is 11.2 Å². The lowest BCUT2D eigenvalue weighted by atomic mass is 9.91. The van der Waals surface area contributed by atoms with E-state index in [0.717, 1.165) is 55.7 Å². The molecule has 0 unspecified atom stereocenters. The number of rotatable bonds is 6. The van der Waals surface area contributed by atoms with Gasteiger partial charge < -0.3 is 10.1 Å². The average molecular weight is 315 g/mol. The minimum Gasteiger partial charge on any atom is -0.503 e. The number of H-pyrrole nitrogens is 1. The Morgan fingerprint density at radius 1 is 0.913 bits per heavy atom. The summed E-state index contributed by atoms with van der Waals surface area (Å²) in [6.07, 6.45) is 5.35. The molecular formula is C19H25NO3. The zero-order valence-corrected chi connectivity index (χ0v) is 14.2. The van der Waals surface area contributed by atoms with E-state index in [0.29, 0.717) is 10.9 Å². The predicted octanol–water partition coefficient (Wildman–Crippen LogP) is 3.45. The van der Waals surface area contributed by atoms with Crippen LogP contribution in [0.5, 0.6) is 5.75 Å². The fraction of sp³-hybridized carbons (Fsp3) is 0.474. The maximum atomic E-state index is 12.6. The smallest absolute Gasteiger partial charge is 0.290 e. The SMILES string of the molecule is CCCc1cc(CCC)c2[nH]c(=O)c(O)cc(=O)c2c1CCC. The Balaban J connectivity index is 3.02. The molecule has 0 aliphatic carbocycles. The number of aromatic hydroxyl groups is 1. The van der Waals surface area contributed by atoms with Gasteiger partial charge in [-0.15, -0.1) is 0 Å². The van der Waals surface area contributed by atoms with Crippen molar-refractivity contribution in [3.63, 3.8) is 0 Å². The molecule has 1 heterocycles. The third-order valence-corrected chi connectivity index (χ3v) is 4.13. The molecule has 0 fully saturated rings. The van der Waals surface area contributed by atoms with Crippen molar-refractivity contribution in [2.24, 2.45) is 0 Å². The number of aromatic amines is 1. The molecule has 0 atom stereocenters. The van der Waals surface area contributed by atoms with Gasteiger partial charge >= 0.3 is 0 Å². The second-order valence-corrected chi connectivity index (χ2v) is 6.02. The molecule has 0 radical (unpaired) electrons. The molecule has 23 heavy (non-hydrogen) atoms. The quantitative estimate of drug-likeness (QED) is 0.857. The van der Waals surface area contributed by atoms with Crippen LogP contribution in [-0.4, -0.2) is 10.1 Å². The normalized spacial score (nSPS) is 11.1. The summed E-state index contributed by atoms with van der Waals surface area (Å²) in [6.45, 7) is 6.27. The molecule has 0 spiro atoms. The fourth-order valence-corrected chi connectivity index (χ4v) is 3.19. The zero-order valence-electron chi connectivity index (χ0n) is 14.2. The molecule has 0 saturated heterocycles. The van der Waals surface area contributed by atoms with Crippen molar-refractivity contribution < 1.29 is 5.11 Å². The number of aryl methyl sites for hydroxylation is 3. The van der Waals surface area contributed by atoms with Crippen molar-refractivity contribution in [2.75, 3.05) is 0 Å². The highest BCUT2D eigenvalue weighted by Crippen LogP contribution is 2.26. The average Bonchev–Trinajstić information content (AvgIpc) is 2.61. The largest absolute Gasteiger partial charge is 0.503 e. The van der Waals surface area contributed by atoms with Crippen LogP contribution in [0.15, 0.2) is 21.7 Å². The number of aromatic nitrogens is 1. The molecule has 2 rings (SSSR count). The fourth-order valence-electron chi connectivity index (χ4n) is 3.19. The minimum atomic E-state index is -0.611. The van der Waals surface area contributed by atoms with Crippen molar-refractivity contribution in [1.82, 2.24) is 4.98 Å². The number of benzene rings is 1. The molecule has 2 aromatic rings. The van der Waals surface area contributed by atoms with Crippen molar-refractivity contribution in [3.05, 3.63) is 49.4 Å². The van der Waals surface area contributed by atoms with Crippen molar-refractivity contribution in [3.8, 4) is 5.75 Å². The number of hydrogen-bond acceptors (Lipinski definition) is 3. The van der Waals surface area contributed by atoms with Gasteiger partial charge in [0.1, 0.15) is 0 Å². The Morgan fingerprint density at radius 3 is 2.13 bits per heavy atom. The summed E-state index contributed by atoms with van der Waals surface area (Å²) in [5.74, 6) is -0.520. The standard InChI is InChI=1S/C19H25NO3/c1-4-7-12-10-13(8-5-2)18-17(14(12)9-6-3)15(21)11-16(22)19(23)20-18/h10-11,22H,4-9H2,1-3H3,(H,20,23). The van der Waals surface area contributed by atoms with Gasteiger partial charge in [0.05, 0.1) is 5.52 Å². The van der Waals surface area contributed by atoms with Gasteiger partial charge in [0.25, 0.3) is 5.56 Å². The molecule has 124 valence electrons. The van der Waals surface area contributed by atoms with Gasteiger partial charge in [-0.3, -0.25) is 9.59 Å². The van der Waals surface area contributed by atoms with Gasteiger partial charge in [0, 0.05) is 11.5 Å².